The zero-order valence-electron chi connectivity index (χ0n) is 17.3. The second-order valence-electron chi connectivity index (χ2n) is 7.96. The SMILES string of the molecule is CN1C/C(=C\c2cc3ccccc3nc2Cl)C(=O)/C(=C/c2cc3ccccc3nc2Cl)C1. The Morgan fingerprint density at radius 2 is 1.22 bits per heavy atom. The van der Waals surface area contributed by atoms with Crippen molar-refractivity contribution in [2.45, 2.75) is 0 Å². The summed E-state index contributed by atoms with van der Waals surface area (Å²) in [6, 6.07) is 19.5. The van der Waals surface area contributed by atoms with Crippen molar-refractivity contribution in [1.29, 1.82) is 0 Å². The van der Waals surface area contributed by atoms with E-state index in [1.54, 1.807) is 0 Å². The maximum Gasteiger partial charge on any atom is 0.187 e. The van der Waals surface area contributed by atoms with Crippen molar-refractivity contribution in [3.05, 3.63) is 93.2 Å². The summed E-state index contributed by atoms with van der Waals surface area (Å²) in [5.41, 5.74) is 4.43. The Balaban J connectivity index is 1.55. The number of piperidine rings is 1. The van der Waals surface area contributed by atoms with Crippen LogP contribution in [0, 0.1) is 0 Å². The summed E-state index contributed by atoms with van der Waals surface area (Å²) in [7, 11) is 1.98. The van der Waals surface area contributed by atoms with Crippen molar-refractivity contribution in [3.8, 4) is 0 Å². The first-order chi connectivity index (χ1) is 15.5. The van der Waals surface area contributed by atoms with Gasteiger partial charge in [-0.3, -0.25) is 9.69 Å². The number of para-hydroxylation sites is 2. The van der Waals surface area contributed by atoms with Crippen molar-refractivity contribution in [2.24, 2.45) is 0 Å². The molecule has 0 saturated carbocycles. The summed E-state index contributed by atoms with van der Waals surface area (Å²) >= 11 is 12.9. The van der Waals surface area contributed by atoms with Crippen LogP contribution in [0.15, 0.2) is 71.8 Å². The molecule has 4 aromatic rings. The third kappa shape index (κ3) is 4.05. The highest BCUT2D eigenvalue weighted by atomic mass is 35.5. The molecule has 1 saturated heterocycles. The van der Waals surface area contributed by atoms with E-state index in [-0.39, 0.29) is 5.78 Å². The topological polar surface area (TPSA) is 46.1 Å². The van der Waals surface area contributed by atoms with E-state index in [1.807, 2.05) is 79.9 Å². The smallest absolute Gasteiger partial charge is 0.187 e. The van der Waals surface area contributed by atoms with Gasteiger partial charge in [-0.15, -0.1) is 0 Å². The van der Waals surface area contributed by atoms with Gasteiger partial charge in [0.1, 0.15) is 10.3 Å². The number of halogens is 2. The van der Waals surface area contributed by atoms with Crippen LogP contribution in [0.3, 0.4) is 0 Å². The number of carbonyl (C=O) groups excluding carboxylic acids is 1. The normalized spacial score (nSPS) is 17.7. The molecule has 1 aliphatic rings. The lowest BCUT2D eigenvalue weighted by Gasteiger charge is -2.26. The molecule has 0 amide bonds. The summed E-state index contributed by atoms with van der Waals surface area (Å²) < 4.78 is 0. The molecule has 0 atom stereocenters. The lowest BCUT2D eigenvalue weighted by Crippen LogP contribution is -2.34. The van der Waals surface area contributed by atoms with Crippen molar-refractivity contribution < 1.29 is 4.79 Å². The van der Waals surface area contributed by atoms with E-state index >= 15 is 0 Å². The number of hydrogen-bond acceptors (Lipinski definition) is 4. The molecule has 1 aliphatic heterocycles. The Hall–Kier alpha value is -3.05. The van der Waals surface area contributed by atoms with Gasteiger partial charge in [-0.1, -0.05) is 59.6 Å². The van der Waals surface area contributed by atoms with Crippen LogP contribution in [-0.2, 0) is 4.79 Å². The number of likely N-dealkylation sites (N-methyl/N-ethyl adjacent to an activating group) is 1. The highest BCUT2D eigenvalue weighted by Gasteiger charge is 2.24. The number of rotatable bonds is 2. The van der Waals surface area contributed by atoms with E-state index in [4.69, 9.17) is 23.2 Å². The monoisotopic (exact) mass is 459 g/mol. The standard InChI is InChI=1S/C26H19Cl2N3O/c1-31-14-20(12-18-10-16-6-2-4-8-22(16)29-25(18)27)24(32)21(15-31)13-19-11-17-7-3-5-9-23(17)30-26(19)28/h2-13H,14-15H2,1H3/b20-12+,21-13+. The van der Waals surface area contributed by atoms with Gasteiger partial charge >= 0.3 is 0 Å². The van der Waals surface area contributed by atoms with E-state index in [0.29, 0.717) is 34.5 Å². The Morgan fingerprint density at radius 3 is 1.69 bits per heavy atom. The van der Waals surface area contributed by atoms with Crippen LogP contribution in [0.1, 0.15) is 11.1 Å². The third-order valence-electron chi connectivity index (χ3n) is 5.53. The van der Waals surface area contributed by atoms with Gasteiger partial charge in [0, 0.05) is 46.1 Å². The Kier molecular flexibility index (Phi) is 5.51. The van der Waals surface area contributed by atoms with Gasteiger partial charge in [-0.05, 0) is 43.5 Å². The highest BCUT2D eigenvalue weighted by molar-refractivity contribution is 6.32. The molecular weight excluding hydrogens is 441 g/mol. The molecule has 0 spiro atoms. The minimum atomic E-state index is -0.0171. The van der Waals surface area contributed by atoms with Crippen LogP contribution >= 0.6 is 23.2 Å². The van der Waals surface area contributed by atoms with Crippen molar-refractivity contribution >= 4 is 62.9 Å². The predicted octanol–water partition coefficient (Wildman–Crippen LogP) is 6.07. The molecule has 2 aromatic carbocycles. The van der Waals surface area contributed by atoms with E-state index < -0.39 is 0 Å². The summed E-state index contributed by atoms with van der Waals surface area (Å²) in [5, 5.41) is 2.71. The molecular formula is C26H19Cl2N3O. The van der Waals surface area contributed by atoms with Gasteiger partial charge in [0.25, 0.3) is 0 Å². The van der Waals surface area contributed by atoms with Crippen LogP contribution < -0.4 is 0 Å². The number of aromatic nitrogens is 2. The molecule has 4 nitrogen and oxygen atoms in total. The maximum absolute atomic E-state index is 13.3. The number of fused-ring (bicyclic) bond motifs is 2. The molecule has 0 bridgehead atoms. The number of benzene rings is 2. The fourth-order valence-electron chi connectivity index (χ4n) is 4.01. The van der Waals surface area contributed by atoms with Gasteiger partial charge in [-0.2, -0.15) is 0 Å². The minimum Gasteiger partial charge on any atom is -0.298 e. The van der Waals surface area contributed by atoms with Crippen LogP contribution in [0.5, 0.6) is 0 Å². The summed E-state index contributed by atoms with van der Waals surface area (Å²) in [4.78, 5) is 24.4. The number of nitrogens with zero attached hydrogens (tertiary/aromatic N) is 3. The molecule has 0 N–H and O–H groups in total. The van der Waals surface area contributed by atoms with E-state index in [1.165, 1.54) is 0 Å². The lowest BCUT2D eigenvalue weighted by molar-refractivity contribution is -0.113. The molecule has 3 heterocycles. The lowest BCUT2D eigenvalue weighted by atomic mass is 9.94. The predicted molar refractivity (Wildman–Crippen MR) is 132 cm³/mol. The van der Waals surface area contributed by atoms with Crippen LogP contribution in [0.25, 0.3) is 34.0 Å². The number of carbonyl (C=O) groups is 1. The zero-order chi connectivity index (χ0) is 22.2. The molecule has 6 heteroatoms. The Labute approximate surface area is 195 Å². The third-order valence-corrected chi connectivity index (χ3v) is 6.14. The molecule has 0 radical (unpaired) electrons. The Bertz CT molecular complexity index is 1330. The van der Waals surface area contributed by atoms with E-state index in [0.717, 1.165) is 32.9 Å². The van der Waals surface area contributed by atoms with Crippen LogP contribution in [0.2, 0.25) is 10.3 Å². The summed E-state index contributed by atoms with van der Waals surface area (Å²) in [6.45, 7) is 1.06. The van der Waals surface area contributed by atoms with Crippen molar-refractivity contribution in [1.82, 2.24) is 14.9 Å². The average molecular weight is 460 g/mol. The zero-order valence-corrected chi connectivity index (χ0v) is 18.9. The molecule has 5 rings (SSSR count). The van der Waals surface area contributed by atoms with Gasteiger partial charge in [0.15, 0.2) is 5.78 Å². The fraction of sp³-hybridized carbons (Fsp3) is 0.115. The quantitative estimate of drug-likeness (QED) is 0.269. The van der Waals surface area contributed by atoms with Gasteiger partial charge < -0.3 is 0 Å². The van der Waals surface area contributed by atoms with Crippen LogP contribution in [-0.4, -0.2) is 40.8 Å². The second-order valence-corrected chi connectivity index (χ2v) is 8.68. The average Bonchev–Trinajstić information content (AvgIpc) is 2.78. The Morgan fingerprint density at radius 1 is 0.781 bits per heavy atom. The largest absolute Gasteiger partial charge is 0.298 e. The summed E-state index contributed by atoms with van der Waals surface area (Å²) in [5.74, 6) is -0.0171. The number of pyridine rings is 2. The minimum absolute atomic E-state index is 0.0171. The fourth-order valence-corrected chi connectivity index (χ4v) is 4.41. The van der Waals surface area contributed by atoms with Crippen molar-refractivity contribution in [2.75, 3.05) is 20.1 Å². The van der Waals surface area contributed by atoms with Gasteiger partial charge in [0.05, 0.1) is 11.0 Å². The highest BCUT2D eigenvalue weighted by Crippen LogP contribution is 2.28. The van der Waals surface area contributed by atoms with Crippen molar-refractivity contribution in [3.63, 3.8) is 0 Å². The first-order valence-corrected chi connectivity index (χ1v) is 11.0. The van der Waals surface area contributed by atoms with E-state index in [9.17, 15) is 4.79 Å². The second kappa shape index (κ2) is 8.47. The molecule has 158 valence electrons. The maximum atomic E-state index is 13.3. The molecule has 0 aliphatic carbocycles. The first-order valence-electron chi connectivity index (χ1n) is 10.2. The number of likely N-dealkylation sites (tertiary alicyclic amines) is 1. The van der Waals surface area contributed by atoms with Gasteiger partial charge in [-0.25, -0.2) is 9.97 Å². The number of hydrogen-bond donors (Lipinski definition) is 0. The van der Waals surface area contributed by atoms with Gasteiger partial charge in [0.2, 0.25) is 0 Å². The van der Waals surface area contributed by atoms with Crippen LogP contribution in [0.4, 0.5) is 0 Å². The number of Topliss-reactive ketones (excluding diaryl/α,β-unsaturated/α-hetero) is 1. The number of ketones is 1. The molecule has 2 aromatic heterocycles. The molecule has 0 unspecified atom stereocenters. The first kappa shape index (κ1) is 20.8. The van der Waals surface area contributed by atoms with E-state index in [2.05, 4.69) is 14.9 Å². The summed E-state index contributed by atoms with van der Waals surface area (Å²) in [6.07, 6.45) is 3.68. The molecule has 32 heavy (non-hydrogen) atoms. The molecule has 1 fully saturated rings.